The second-order valence-electron chi connectivity index (χ2n) is 32.0. The number of hydrogen-bond donors (Lipinski definition) is 3. The van der Waals surface area contributed by atoms with Gasteiger partial charge >= 0.3 is 31.1 Å². The number of unbranched alkanes of at least 4 members (excludes halogenated alkanes) is 45. The number of carbonyl (C=O) groups excluding carboxylic acids is 3. The molecule has 4 heterocycles. The Hall–Kier alpha value is -5.38. The zero-order valence-electron chi connectivity index (χ0n) is 70.4. The van der Waals surface area contributed by atoms with E-state index in [1.165, 1.54) is 281 Å². The van der Waals surface area contributed by atoms with E-state index < -0.39 is 92.2 Å². The fraction of sp³-hybridized carbons (Fsp3) is 0.809. The Bertz CT molecular complexity index is 3250. The summed E-state index contributed by atoms with van der Waals surface area (Å²) in [6.07, 6.45) is 57.1. The van der Waals surface area contributed by atoms with Crippen LogP contribution in [-0.2, 0) is 42.1 Å². The van der Waals surface area contributed by atoms with Crippen LogP contribution in [0.5, 0.6) is 17.2 Å². The number of aryl methyl sites for hydroxylation is 2. The molecule has 23 heteroatoms. The second kappa shape index (κ2) is 60.2. The first-order valence-electron chi connectivity index (χ1n) is 45.0. The quantitative estimate of drug-likeness (QED) is 0.0205. The van der Waals surface area contributed by atoms with E-state index in [1.54, 1.807) is 19.1 Å². The van der Waals surface area contributed by atoms with Gasteiger partial charge in [0.25, 0.3) is 11.1 Å². The van der Waals surface area contributed by atoms with Crippen LogP contribution in [0.4, 0.5) is 0 Å². The number of aromatic amines is 2. The van der Waals surface area contributed by atoms with Crippen LogP contribution in [0, 0.1) is 13.8 Å². The van der Waals surface area contributed by atoms with Crippen molar-refractivity contribution in [1.29, 1.82) is 0 Å². The fourth-order valence-electron chi connectivity index (χ4n) is 15.1. The van der Waals surface area contributed by atoms with Gasteiger partial charge in [0.05, 0.1) is 58.1 Å². The maximum atomic E-state index is 14.3. The van der Waals surface area contributed by atoms with Crippen molar-refractivity contribution in [3.05, 3.63) is 82.9 Å². The number of nitrogens with zero attached hydrogens (tertiary/aromatic N) is 2. The van der Waals surface area contributed by atoms with Crippen LogP contribution in [0.1, 0.15) is 415 Å². The lowest BCUT2D eigenvalue weighted by Crippen LogP contribution is -2.33. The zero-order chi connectivity index (χ0) is 80.7. The molecule has 2 aliphatic heterocycles. The normalized spacial score (nSPS) is 17.5. The van der Waals surface area contributed by atoms with Crippen LogP contribution in [0.15, 0.2) is 43.7 Å². The predicted molar refractivity (Wildman–Crippen MR) is 445 cm³/mol. The van der Waals surface area contributed by atoms with Gasteiger partial charge in [0.1, 0.15) is 24.7 Å². The number of phosphoric ester groups is 1. The van der Waals surface area contributed by atoms with Gasteiger partial charge in [0.15, 0.2) is 17.3 Å². The molecule has 0 saturated carbocycles. The van der Waals surface area contributed by atoms with E-state index in [0.717, 1.165) is 62.4 Å². The summed E-state index contributed by atoms with van der Waals surface area (Å²) in [5, 5.41) is 0. The highest BCUT2D eigenvalue weighted by Crippen LogP contribution is 2.50. The second-order valence-corrected chi connectivity index (χ2v) is 33.4. The summed E-state index contributed by atoms with van der Waals surface area (Å²) in [5.74, 6) is -0.183. The number of hydrogen-bond acceptors (Lipinski definition) is 17. The van der Waals surface area contributed by atoms with Crippen molar-refractivity contribution in [3.63, 3.8) is 0 Å². The smallest absolute Gasteiger partial charge is 0.472 e. The lowest BCUT2D eigenvalue weighted by atomic mass is 10.0. The van der Waals surface area contributed by atoms with E-state index >= 15 is 0 Å². The molecule has 3 aromatic rings. The van der Waals surface area contributed by atoms with E-state index in [-0.39, 0.29) is 55.6 Å². The van der Waals surface area contributed by atoms with Crippen molar-refractivity contribution in [2.75, 3.05) is 33.0 Å². The van der Waals surface area contributed by atoms with Crippen molar-refractivity contribution in [3.8, 4) is 17.2 Å². The molecule has 640 valence electrons. The molecule has 0 aliphatic carbocycles. The van der Waals surface area contributed by atoms with Crippen molar-refractivity contribution >= 4 is 25.5 Å². The molecule has 3 N–H and O–H groups in total. The SMILES string of the molecule is CCCCCCCCCCCCCCCCCCOc1cc(C(=O)CCCOC(=O)CCC(=O)OC2C[C@H](n3cc(C)c(=O)[nH]c3=O)O[C@@H]2COP(=O)(O)OC2C[C@H](n3cc(C)c(=O)[nH]c3=O)O[C@@H]2CC)cc(OCCCCCCCCCCCCCCCCCC)c1OCCCCCCCCCCCCCCCCCC. The van der Waals surface area contributed by atoms with Crippen LogP contribution in [0.25, 0.3) is 0 Å². The highest BCUT2D eigenvalue weighted by molar-refractivity contribution is 7.47. The molecule has 2 fully saturated rings. The molecular weight excluding hydrogens is 1440 g/mol. The fourth-order valence-corrected chi connectivity index (χ4v) is 16.1. The van der Waals surface area contributed by atoms with Gasteiger partial charge in [-0.2, -0.15) is 0 Å². The summed E-state index contributed by atoms with van der Waals surface area (Å²) in [7, 11) is -4.95. The Labute approximate surface area is 672 Å². The molecule has 112 heavy (non-hydrogen) atoms. The molecule has 3 unspecified atom stereocenters. The third kappa shape index (κ3) is 41.5. The molecule has 0 radical (unpaired) electrons. The number of phosphoric acid groups is 1. The van der Waals surface area contributed by atoms with Crippen molar-refractivity contribution in [1.82, 2.24) is 19.1 Å². The van der Waals surface area contributed by atoms with Gasteiger partial charge in [-0.05, 0) is 58.1 Å². The third-order valence-electron chi connectivity index (χ3n) is 22.1. The van der Waals surface area contributed by atoms with Crippen molar-refractivity contribution in [2.45, 2.75) is 432 Å². The molecule has 22 nitrogen and oxygen atoms in total. The number of Topliss-reactive ketones (excluding diaryl/α,β-unsaturated/α-hetero) is 1. The van der Waals surface area contributed by atoms with Gasteiger partial charge in [-0.25, -0.2) is 14.2 Å². The van der Waals surface area contributed by atoms with Crippen LogP contribution >= 0.6 is 7.82 Å². The first kappa shape index (κ1) is 97.2. The Morgan fingerprint density at radius 3 is 1.15 bits per heavy atom. The average Bonchev–Trinajstić information content (AvgIpc) is 1.59. The number of aromatic nitrogens is 4. The minimum atomic E-state index is -4.95. The number of carbonyl (C=O) groups is 3. The summed E-state index contributed by atoms with van der Waals surface area (Å²) in [6, 6.07) is 3.57. The van der Waals surface area contributed by atoms with E-state index in [0.29, 0.717) is 49.1 Å². The van der Waals surface area contributed by atoms with Crippen molar-refractivity contribution in [2.24, 2.45) is 0 Å². The summed E-state index contributed by atoms with van der Waals surface area (Å²) in [4.78, 5) is 107. The summed E-state index contributed by atoms with van der Waals surface area (Å²) >= 11 is 0. The first-order chi connectivity index (χ1) is 54.5. The summed E-state index contributed by atoms with van der Waals surface area (Å²) in [6.45, 7) is 12.3. The first-order valence-corrected chi connectivity index (χ1v) is 46.5. The van der Waals surface area contributed by atoms with Crippen LogP contribution in [0.3, 0.4) is 0 Å². The van der Waals surface area contributed by atoms with Gasteiger partial charge in [0.2, 0.25) is 5.75 Å². The monoisotopic (exact) mass is 1600 g/mol. The number of H-pyrrole nitrogens is 2. The Morgan fingerprint density at radius 2 is 0.777 bits per heavy atom. The molecular formula is C89H151N4O18P. The van der Waals surface area contributed by atoms with Crippen LogP contribution < -0.4 is 36.7 Å². The molecule has 0 spiro atoms. The molecule has 2 saturated heterocycles. The van der Waals surface area contributed by atoms with E-state index in [9.17, 15) is 43.0 Å². The minimum Gasteiger partial charge on any atom is -0.490 e. The van der Waals surface area contributed by atoms with Gasteiger partial charge < -0.3 is 38.1 Å². The number of benzene rings is 1. The topological polar surface area (TPSA) is 281 Å². The van der Waals surface area contributed by atoms with Gasteiger partial charge in [-0.3, -0.25) is 52.1 Å². The number of ether oxygens (including phenoxy) is 7. The lowest BCUT2D eigenvalue weighted by molar-refractivity contribution is -0.156. The minimum absolute atomic E-state index is 0.0494. The number of nitrogens with one attached hydrogen (secondary N) is 2. The Morgan fingerprint density at radius 1 is 0.438 bits per heavy atom. The predicted octanol–water partition coefficient (Wildman–Crippen LogP) is 22.0. The Kier molecular flexibility index (Phi) is 52.2. The lowest BCUT2D eigenvalue weighted by Gasteiger charge is -2.23. The van der Waals surface area contributed by atoms with Crippen LogP contribution in [-0.4, -0.2) is 99.2 Å². The molecule has 5 rings (SSSR count). The molecule has 0 amide bonds. The van der Waals surface area contributed by atoms with E-state index in [2.05, 4.69) is 30.7 Å². The molecule has 2 aliphatic rings. The summed E-state index contributed by atoms with van der Waals surface area (Å²) < 4.78 is 70.4. The zero-order valence-corrected chi connectivity index (χ0v) is 71.3. The number of esters is 2. The molecule has 7 atom stereocenters. The third-order valence-corrected chi connectivity index (χ3v) is 23.1. The molecule has 0 bridgehead atoms. The highest BCUT2D eigenvalue weighted by Gasteiger charge is 2.44. The van der Waals surface area contributed by atoms with Gasteiger partial charge in [-0.1, -0.05) is 317 Å². The molecule has 2 aromatic heterocycles. The average molecular weight is 1600 g/mol. The maximum absolute atomic E-state index is 14.3. The number of rotatable bonds is 71. The maximum Gasteiger partial charge on any atom is 0.472 e. The molecule has 1 aromatic carbocycles. The van der Waals surface area contributed by atoms with Crippen LogP contribution in [0.2, 0.25) is 0 Å². The van der Waals surface area contributed by atoms with E-state index in [4.69, 9.17) is 42.2 Å². The largest absolute Gasteiger partial charge is 0.490 e. The van der Waals surface area contributed by atoms with E-state index in [1.807, 2.05) is 0 Å². The number of ketones is 1. The van der Waals surface area contributed by atoms with Gasteiger partial charge in [0, 0.05) is 48.3 Å². The Balaban J connectivity index is 1.17. The summed E-state index contributed by atoms with van der Waals surface area (Å²) in [5.41, 5.74) is -1.84. The van der Waals surface area contributed by atoms with Crippen molar-refractivity contribution < 1.29 is 66.0 Å². The standard InChI is InChI=1S/C89H151N4O18P/c1-7-11-14-17-20-23-26-29-32-35-38-41-44-47-50-53-60-103-78-64-73(65-79(104-61-54-51-48-45-42-39-36-33-30-27-24-21-18-15-12-8-2)85(78)106-62-55-52-49-46-43-40-37-34-31-28-25-22-19-16-13-9-3)74(94)57-56-63-105-83(95)58-59-84(96)110-76-66-81(92-68-71(5)86(97)90-88(92)99)109-80(76)70-107-112(101,102)111-77-67-82(108-75(77)10-4)93-69-72(6)87(98)91-89(93)100/h64-65,68-69,75-77,80-82H,7-63,66-67,70H2,1-6H3,(H,101,102)(H,90,97,99)(H,91,98,100)/t75-,76?,77?,80-,81-,82-/m1/s1. The van der Waals surface area contributed by atoms with Gasteiger partial charge in [-0.15, -0.1) is 0 Å². The highest BCUT2D eigenvalue weighted by atomic mass is 31.2.